The molecule has 7 heteroatoms. The number of β-amino-alcohol motifs (C(OH)–C–C–N with tert-alkyl or cyclic N) is 1. The molecule has 114 valence electrons. The Hall–Kier alpha value is -1.73. The Morgan fingerprint density at radius 3 is 3.00 bits per heavy atom. The van der Waals surface area contributed by atoms with Gasteiger partial charge in [0.2, 0.25) is 0 Å². The minimum absolute atomic E-state index is 0.511. The molecule has 7 nitrogen and oxygen atoms in total. The van der Waals surface area contributed by atoms with Gasteiger partial charge in [-0.3, -0.25) is 9.58 Å². The van der Waals surface area contributed by atoms with Crippen LogP contribution in [0.15, 0.2) is 24.8 Å². The van der Waals surface area contributed by atoms with Crippen LogP contribution in [-0.2, 0) is 19.5 Å². The molecule has 3 rings (SSSR count). The lowest BCUT2D eigenvalue weighted by atomic mass is 10.0. The fourth-order valence-electron chi connectivity index (χ4n) is 2.87. The summed E-state index contributed by atoms with van der Waals surface area (Å²) in [5.74, 6) is 0. The molecule has 1 saturated heterocycles. The first kappa shape index (κ1) is 14.2. The summed E-state index contributed by atoms with van der Waals surface area (Å²) in [6, 6.07) is 0. The molecule has 0 aliphatic carbocycles. The first-order chi connectivity index (χ1) is 10.2. The number of hydrogen-bond donors (Lipinski definition) is 1. The third-order valence-corrected chi connectivity index (χ3v) is 4.07. The molecular formula is C14H22N6O. The summed E-state index contributed by atoms with van der Waals surface area (Å²) < 4.78 is 3.65. The molecular weight excluding hydrogens is 268 g/mol. The van der Waals surface area contributed by atoms with Crippen LogP contribution < -0.4 is 0 Å². The highest BCUT2D eigenvalue weighted by atomic mass is 16.3. The van der Waals surface area contributed by atoms with Gasteiger partial charge in [0.1, 0.15) is 0 Å². The normalized spacial score (nSPS) is 23.0. The van der Waals surface area contributed by atoms with Crippen LogP contribution in [0.25, 0.3) is 0 Å². The van der Waals surface area contributed by atoms with Gasteiger partial charge in [-0.2, -0.15) is 5.10 Å². The van der Waals surface area contributed by atoms with Crippen molar-refractivity contribution >= 4 is 0 Å². The first-order valence-corrected chi connectivity index (χ1v) is 7.47. The van der Waals surface area contributed by atoms with Crippen LogP contribution in [0.5, 0.6) is 0 Å². The van der Waals surface area contributed by atoms with Gasteiger partial charge in [0.15, 0.2) is 0 Å². The van der Waals surface area contributed by atoms with Gasteiger partial charge in [0.25, 0.3) is 0 Å². The van der Waals surface area contributed by atoms with Gasteiger partial charge < -0.3 is 5.11 Å². The predicted molar refractivity (Wildman–Crippen MR) is 77.6 cm³/mol. The summed E-state index contributed by atoms with van der Waals surface area (Å²) in [4.78, 5) is 2.31. The first-order valence-electron chi connectivity index (χ1n) is 7.47. The van der Waals surface area contributed by atoms with Gasteiger partial charge in [-0.15, -0.1) is 5.10 Å². The van der Waals surface area contributed by atoms with Crippen molar-refractivity contribution in [2.45, 2.75) is 38.5 Å². The smallest absolute Gasteiger partial charge is 0.0981 e. The minimum Gasteiger partial charge on any atom is -0.387 e. The highest BCUT2D eigenvalue weighted by molar-refractivity contribution is 5.05. The van der Waals surface area contributed by atoms with Crippen molar-refractivity contribution in [1.82, 2.24) is 29.7 Å². The van der Waals surface area contributed by atoms with Crippen LogP contribution in [0.3, 0.4) is 0 Å². The Bertz CT molecular complexity index is 566. The second-order valence-electron chi connectivity index (χ2n) is 5.81. The van der Waals surface area contributed by atoms with Crippen molar-refractivity contribution in [3.63, 3.8) is 0 Å². The van der Waals surface area contributed by atoms with Crippen LogP contribution in [0, 0.1) is 0 Å². The van der Waals surface area contributed by atoms with E-state index < -0.39 is 5.60 Å². The topological polar surface area (TPSA) is 72.0 Å². The number of likely N-dealkylation sites (tertiary alicyclic amines) is 1. The summed E-state index contributed by atoms with van der Waals surface area (Å²) in [6.07, 6.45) is 9.21. The number of hydrogen-bond acceptors (Lipinski definition) is 5. The maximum atomic E-state index is 10.6. The van der Waals surface area contributed by atoms with Gasteiger partial charge in [-0.25, -0.2) is 4.68 Å². The fraction of sp³-hybridized carbons (Fsp3) is 0.643. The van der Waals surface area contributed by atoms with Gasteiger partial charge >= 0.3 is 0 Å². The van der Waals surface area contributed by atoms with Crippen molar-refractivity contribution in [1.29, 1.82) is 0 Å². The molecule has 0 radical (unpaired) electrons. The lowest BCUT2D eigenvalue weighted by molar-refractivity contribution is 0.0283. The average Bonchev–Trinajstić information content (AvgIpc) is 3.18. The van der Waals surface area contributed by atoms with Crippen LogP contribution in [-0.4, -0.2) is 60.0 Å². The standard InChI is InChI=1S/C14H22N6O/c1-2-19-10-13(9-16-19)3-6-18-7-4-14(21,11-18)12-20-8-5-15-17-20/h5,8-10,21H,2-4,6-7,11-12H2,1H3. The van der Waals surface area contributed by atoms with Crippen LogP contribution in [0.1, 0.15) is 18.9 Å². The highest BCUT2D eigenvalue weighted by Gasteiger charge is 2.36. The van der Waals surface area contributed by atoms with Gasteiger partial charge in [0.05, 0.1) is 24.5 Å². The number of aliphatic hydroxyl groups is 1. The zero-order chi connectivity index (χ0) is 14.7. The second kappa shape index (κ2) is 5.95. The third-order valence-electron chi connectivity index (χ3n) is 4.07. The van der Waals surface area contributed by atoms with E-state index in [1.54, 1.807) is 17.1 Å². The van der Waals surface area contributed by atoms with E-state index in [0.29, 0.717) is 13.1 Å². The van der Waals surface area contributed by atoms with Crippen LogP contribution >= 0.6 is 0 Å². The van der Waals surface area contributed by atoms with Crippen molar-refractivity contribution in [3.8, 4) is 0 Å². The van der Waals surface area contributed by atoms with E-state index in [4.69, 9.17) is 0 Å². The Balaban J connectivity index is 1.50. The molecule has 0 amide bonds. The molecule has 1 aliphatic rings. The zero-order valence-electron chi connectivity index (χ0n) is 12.4. The maximum absolute atomic E-state index is 10.6. The maximum Gasteiger partial charge on any atom is 0.0981 e. The molecule has 0 aromatic carbocycles. The highest BCUT2D eigenvalue weighted by Crippen LogP contribution is 2.23. The second-order valence-corrected chi connectivity index (χ2v) is 5.81. The summed E-state index contributed by atoms with van der Waals surface area (Å²) in [5, 5.41) is 22.6. The minimum atomic E-state index is -0.693. The van der Waals surface area contributed by atoms with E-state index in [1.165, 1.54) is 5.56 Å². The van der Waals surface area contributed by atoms with E-state index in [9.17, 15) is 5.11 Å². The lowest BCUT2D eigenvalue weighted by Crippen LogP contribution is -2.38. The predicted octanol–water partition coefficient (Wildman–Crippen LogP) is 0.174. The molecule has 1 N–H and O–H groups in total. The van der Waals surface area contributed by atoms with E-state index >= 15 is 0 Å². The lowest BCUT2D eigenvalue weighted by Gasteiger charge is -2.23. The summed E-state index contributed by atoms with van der Waals surface area (Å²) in [5.41, 5.74) is 0.560. The molecule has 0 spiro atoms. The van der Waals surface area contributed by atoms with Crippen LogP contribution in [0.4, 0.5) is 0 Å². The van der Waals surface area contributed by atoms with Crippen molar-refractivity contribution in [2.75, 3.05) is 19.6 Å². The molecule has 1 aliphatic heterocycles. The van der Waals surface area contributed by atoms with Crippen molar-refractivity contribution in [3.05, 3.63) is 30.4 Å². The van der Waals surface area contributed by atoms with E-state index in [0.717, 1.165) is 32.5 Å². The third kappa shape index (κ3) is 3.48. The molecule has 21 heavy (non-hydrogen) atoms. The number of nitrogens with zero attached hydrogens (tertiary/aromatic N) is 6. The number of rotatable bonds is 6. The average molecular weight is 290 g/mol. The van der Waals surface area contributed by atoms with Crippen molar-refractivity contribution in [2.24, 2.45) is 0 Å². The van der Waals surface area contributed by atoms with Crippen LogP contribution in [0.2, 0.25) is 0 Å². The molecule has 1 atom stereocenters. The Labute approximate surface area is 124 Å². The molecule has 1 fully saturated rings. The van der Waals surface area contributed by atoms with Gasteiger partial charge in [-0.05, 0) is 25.3 Å². The summed E-state index contributed by atoms with van der Waals surface area (Å²) in [7, 11) is 0. The van der Waals surface area contributed by atoms with E-state index in [1.807, 2.05) is 10.9 Å². The van der Waals surface area contributed by atoms with Gasteiger partial charge in [0, 0.05) is 38.6 Å². The number of aromatic nitrogens is 5. The molecule has 0 bridgehead atoms. The SMILES string of the molecule is CCn1cc(CCN2CCC(O)(Cn3ccnn3)C2)cn1. The van der Waals surface area contributed by atoms with Crippen molar-refractivity contribution < 1.29 is 5.11 Å². The van der Waals surface area contributed by atoms with E-state index in [2.05, 4.69) is 33.4 Å². The fourth-order valence-corrected chi connectivity index (χ4v) is 2.87. The molecule has 3 heterocycles. The van der Waals surface area contributed by atoms with Gasteiger partial charge in [-0.1, -0.05) is 5.21 Å². The molecule has 1 unspecified atom stereocenters. The summed E-state index contributed by atoms with van der Waals surface area (Å²) >= 11 is 0. The summed E-state index contributed by atoms with van der Waals surface area (Å²) in [6.45, 7) is 6.07. The Kier molecular flexibility index (Phi) is 4.03. The Morgan fingerprint density at radius 1 is 1.38 bits per heavy atom. The Morgan fingerprint density at radius 2 is 2.29 bits per heavy atom. The zero-order valence-corrected chi connectivity index (χ0v) is 12.4. The largest absolute Gasteiger partial charge is 0.387 e. The quantitative estimate of drug-likeness (QED) is 0.821. The monoisotopic (exact) mass is 290 g/mol. The van der Waals surface area contributed by atoms with E-state index in [-0.39, 0.29) is 0 Å². The number of aryl methyl sites for hydroxylation is 1. The molecule has 0 saturated carbocycles. The molecule has 2 aromatic heterocycles. The molecule has 2 aromatic rings.